The topological polar surface area (TPSA) is 90.3 Å². The summed E-state index contributed by atoms with van der Waals surface area (Å²) in [5.74, 6) is 1.81. The third kappa shape index (κ3) is 3.17. The molecule has 0 bridgehead atoms. The summed E-state index contributed by atoms with van der Waals surface area (Å²) in [6, 6.07) is 1.88. The molecule has 2 aromatic rings. The Hall–Kier alpha value is -2.31. The molecule has 0 saturated carbocycles. The molecule has 0 fully saturated rings. The Kier molecular flexibility index (Phi) is 4.39. The lowest BCUT2D eigenvalue weighted by Gasteiger charge is -2.19. The summed E-state index contributed by atoms with van der Waals surface area (Å²) < 4.78 is 10.5. The molecule has 0 unspecified atom stereocenters. The van der Waals surface area contributed by atoms with Gasteiger partial charge in [-0.05, 0) is 13.3 Å². The second-order valence-corrected chi connectivity index (χ2v) is 4.55. The number of anilines is 2. The first-order valence-electron chi connectivity index (χ1n) is 6.48. The highest BCUT2D eigenvalue weighted by Gasteiger charge is 2.14. The number of nitrogen functional groups attached to an aromatic ring is 1. The van der Waals surface area contributed by atoms with Gasteiger partial charge in [0, 0.05) is 13.1 Å². The van der Waals surface area contributed by atoms with E-state index in [2.05, 4.69) is 15.1 Å². The first kappa shape index (κ1) is 14.1. The van der Waals surface area contributed by atoms with Gasteiger partial charge in [-0.15, -0.1) is 0 Å². The summed E-state index contributed by atoms with van der Waals surface area (Å²) in [6.07, 6.45) is 2.34. The van der Waals surface area contributed by atoms with E-state index in [-0.39, 0.29) is 0 Å². The van der Waals surface area contributed by atoms with Crippen molar-refractivity contribution in [2.75, 3.05) is 24.3 Å². The van der Waals surface area contributed by atoms with Crippen LogP contribution in [0.1, 0.15) is 24.8 Å². The highest BCUT2D eigenvalue weighted by Crippen LogP contribution is 2.27. The normalized spacial score (nSPS) is 10.6. The molecule has 20 heavy (non-hydrogen) atoms. The van der Waals surface area contributed by atoms with Crippen molar-refractivity contribution in [1.82, 2.24) is 15.1 Å². The van der Waals surface area contributed by atoms with Crippen molar-refractivity contribution in [2.24, 2.45) is 0 Å². The molecule has 2 heterocycles. The fourth-order valence-electron chi connectivity index (χ4n) is 1.80. The molecule has 0 radical (unpaired) electrons. The van der Waals surface area contributed by atoms with Crippen molar-refractivity contribution in [2.45, 2.75) is 26.8 Å². The van der Waals surface area contributed by atoms with Crippen molar-refractivity contribution in [1.29, 1.82) is 0 Å². The van der Waals surface area contributed by atoms with Gasteiger partial charge < -0.3 is 19.9 Å². The number of nitrogens with two attached hydrogens (primary N) is 1. The van der Waals surface area contributed by atoms with Crippen molar-refractivity contribution in [3.8, 4) is 5.88 Å². The first-order valence-corrected chi connectivity index (χ1v) is 6.48. The van der Waals surface area contributed by atoms with Crippen LogP contribution in [-0.2, 0) is 6.54 Å². The fraction of sp³-hybridized carbons (Fsp3) is 0.462. The van der Waals surface area contributed by atoms with E-state index in [1.807, 2.05) is 31.9 Å². The molecule has 0 atom stereocenters. The van der Waals surface area contributed by atoms with Gasteiger partial charge in [-0.1, -0.05) is 12.1 Å². The Morgan fingerprint density at radius 3 is 2.85 bits per heavy atom. The van der Waals surface area contributed by atoms with Crippen molar-refractivity contribution < 1.29 is 9.26 Å². The molecular weight excluding hydrogens is 258 g/mol. The monoisotopic (exact) mass is 277 g/mol. The molecule has 0 aliphatic heterocycles. The SMILES string of the molecule is CCCOc1ncnc(N(C)Cc2cc(C)on2)c1N. The van der Waals surface area contributed by atoms with E-state index in [1.165, 1.54) is 6.33 Å². The maximum Gasteiger partial charge on any atom is 0.242 e. The van der Waals surface area contributed by atoms with E-state index in [1.54, 1.807) is 0 Å². The molecule has 2 aromatic heterocycles. The molecule has 108 valence electrons. The third-order valence-corrected chi connectivity index (χ3v) is 2.71. The number of aryl methyl sites for hydroxylation is 1. The lowest BCUT2D eigenvalue weighted by molar-refractivity contribution is 0.306. The fourth-order valence-corrected chi connectivity index (χ4v) is 1.80. The van der Waals surface area contributed by atoms with Crippen LogP contribution in [-0.4, -0.2) is 28.8 Å². The van der Waals surface area contributed by atoms with Gasteiger partial charge in [0.15, 0.2) is 5.82 Å². The van der Waals surface area contributed by atoms with Crippen molar-refractivity contribution >= 4 is 11.5 Å². The van der Waals surface area contributed by atoms with Gasteiger partial charge in [0.1, 0.15) is 23.5 Å². The molecule has 7 nitrogen and oxygen atoms in total. The quantitative estimate of drug-likeness (QED) is 0.860. The third-order valence-electron chi connectivity index (χ3n) is 2.71. The average molecular weight is 277 g/mol. The van der Waals surface area contributed by atoms with E-state index >= 15 is 0 Å². The number of rotatable bonds is 6. The predicted octanol–water partition coefficient (Wildman–Crippen LogP) is 1.78. The Labute approximate surface area is 117 Å². The zero-order valence-corrected chi connectivity index (χ0v) is 12.0. The van der Waals surface area contributed by atoms with E-state index in [9.17, 15) is 0 Å². The molecule has 2 N–H and O–H groups in total. The first-order chi connectivity index (χ1) is 9.61. The zero-order valence-electron chi connectivity index (χ0n) is 12.0. The number of hydrogen-bond donors (Lipinski definition) is 1. The lowest BCUT2D eigenvalue weighted by atomic mass is 10.3. The molecule has 0 spiro atoms. The van der Waals surface area contributed by atoms with Crippen LogP contribution in [0.25, 0.3) is 0 Å². The van der Waals surface area contributed by atoms with Gasteiger partial charge >= 0.3 is 0 Å². The van der Waals surface area contributed by atoms with Crippen LogP contribution in [0.2, 0.25) is 0 Å². The number of aromatic nitrogens is 3. The second-order valence-electron chi connectivity index (χ2n) is 4.55. The van der Waals surface area contributed by atoms with Gasteiger partial charge in [0.25, 0.3) is 0 Å². The highest BCUT2D eigenvalue weighted by atomic mass is 16.5. The van der Waals surface area contributed by atoms with Crippen LogP contribution in [0.3, 0.4) is 0 Å². The standard InChI is InChI=1S/C13H19N5O2/c1-4-5-19-13-11(14)12(15-8-16-13)18(3)7-10-6-9(2)20-17-10/h6,8H,4-5,7,14H2,1-3H3. The van der Waals surface area contributed by atoms with E-state index in [0.717, 1.165) is 17.9 Å². The molecule has 0 aliphatic rings. The van der Waals surface area contributed by atoms with Gasteiger partial charge in [-0.3, -0.25) is 0 Å². The number of nitrogens with zero attached hydrogens (tertiary/aromatic N) is 4. The summed E-state index contributed by atoms with van der Waals surface area (Å²) in [5, 5.41) is 3.95. The van der Waals surface area contributed by atoms with Crippen molar-refractivity contribution in [3.63, 3.8) is 0 Å². The summed E-state index contributed by atoms with van der Waals surface area (Å²) in [5.41, 5.74) is 7.30. The van der Waals surface area contributed by atoms with Crippen LogP contribution in [0.15, 0.2) is 16.9 Å². The van der Waals surface area contributed by atoms with Gasteiger partial charge in [-0.25, -0.2) is 4.98 Å². The van der Waals surface area contributed by atoms with Crippen molar-refractivity contribution in [3.05, 3.63) is 23.8 Å². The Balaban J connectivity index is 2.14. The number of ether oxygens (including phenoxy) is 1. The van der Waals surface area contributed by atoms with Gasteiger partial charge in [0.2, 0.25) is 5.88 Å². The van der Waals surface area contributed by atoms with E-state index in [4.69, 9.17) is 15.0 Å². The minimum absolute atomic E-state index is 0.417. The van der Waals surface area contributed by atoms with Crippen LogP contribution >= 0.6 is 0 Å². The highest BCUT2D eigenvalue weighted by molar-refractivity contribution is 5.67. The Morgan fingerprint density at radius 1 is 1.40 bits per heavy atom. The van der Waals surface area contributed by atoms with Gasteiger partial charge in [0.05, 0.1) is 13.2 Å². The zero-order chi connectivity index (χ0) is 14.5. The Bertz CT molecular complexity index is 570. The average Bonchev–Trinajstić information content (AvgIpc) is 2.83. The molecule has 2 rings (SSSR count). The van der Waals surface area contributed by atoms with Crippen LogP contribution in [0.5, 0.6) is 5.88 Å². The largest absolute Gasteiger partial charge is 0.476 e. The van der Waals surface area contributed by atoms with Crippen LogP contribution in [0.4, 0.5) is 11.5 Å². The van der Waals surface area contributed by atoms with Crippen LogP contribution < -0.4 is 15.4 Å². The smallest absolute Gasteiger partial charge is 0.242 e. The summed E-state index contributed by atoms with van der Waals surface area (Å²) in [6.45, 7) is 5.00. The lowest BCUT2D eigenvalue weighted by Crippen LogP contribution is -2.20. The van der Waals surface area contributed by atoms with E-state index < -0.39 is 0 Å². The van der Waals surface area contributed by atoms with Gasteiger partial charge in [-0.2, -0.15) is 4.98 Å². The molecule has 0 aromatic carbocycles. The molecule has 0 saturated heterocycles. The Morgan fingerprint density at radius 2 is 2.20 bits per heavy atom. The number of hydrogen-bond acceptors (Lipinski definition) is 7. The molecule has 7 heteroatoms. The molecule has 0 amide bonds. The summed E-state index contributed by atoms with van der Waals surface area (Å²) in [7, 11) is 1.88. The molecule has 0 aliphatic carbocycles. The molecular formula is C13H19N5O2. The maximum absolute atomic E-state index is 6.05. The van der Waals surface area contributed by atoms with Crippen LogP contribution in [0, 0.1) is 6.92 Å². The maximum atomic E-state index is 6.05. The second kappa shape index (κ2) is 6.23. The van der Waals surface area contributed by atoms with E-state index in [0.29, 0.717) is 30.5 Å². The minimum Gasteiger partial charge on any atom is -0.476 e. The summed E-state index contributed by atoms with van der Waals surface area (Å²) in [4.78, 5) is 10.1. The minimum atomic E-state index is 0.417. The predicted molar refractivity (Wildman–Crippen MR) is 75.6 cm³/mol. The summed E-state index contributed by atoms with van der Waals surface area (Å²) >= 11 is 0.